The lowest BCUT2D eigenvalue weighted by atomic mass is 10.1. The van der Waals surface area contributed by atoms with Crippen molar-refractivity contribution in [1.82, 2.24) is 19.8 Å². The molecule has 2 aliphatic rings. The number of aromatic nitrogens is 2. The Labute approximate surface area is 160 Å². The smallest absolute Gasteiger partial charge is 0.296 e. The minimum absolute atomic E-state index is 0.00396. The molecule has 3 heterocycles. The Hall–Kier alpha value is -3.18. The molecular formula is C17H20N6O5. The lowest BCUT2D eigenvalue weighted by Crippen LogP contribution is -2.49. The lowest BCUT2D eigenvalue weighted by Gasteiger charge is -2.35. The normalized spacial score (nSPS) is 18.8. The first-order valence-corrected chi connectivity index (χ1v) is 8.83. The van der Waals surface area contributed by atoms with Crippen LogP contribution < -0.4 is 20.1 Å². The van der Waals surface area contributed by atoms with E-state index in [9.17, 15) is 14.9 Å². The summed E-state index contributed by atoms with van der Waals surface area (Å²) in [5.41, 5.74) is -0.151. The molecule has 1 unspecified atom stereocenters. The van der Waals surface area contributed by atoms with Gasteiger partial charge in [-0.15, -0.1) is 0 Å². The third kappa shape index (κ3) is 3.49. The summed E-state index contributed by atoms with van der Waals surface area (Å²) in [7, 11) is 1.91. The van der Waals surface area contributed by atoms with Gasteiger partial charge in [0.2, 0.25) is 12.7 Å². The summed E-state index contributed by atoms with van der Waals surface area (Å²) in [6, 6.07) is 2.62. The van der Waals surface area contributed by atoms with E-state index in [4.69, 9.17) is 9.47 Å². The highest BCUT2D eigenvalue weighted by Crippen LogP contribution is 2.40. The summed E-state index contributed by atoms with van der Waals surface area (Å²) in [6.45, 7) is 2.16. The van der Waals surface area contributed by atoms with Crippen LogP contribution in [0.5, 0.6) is 11.5 Å². The predicted octanol–water partition coefficient (Wildman–Crippen LogP) is 0.642. The molecule has 1 fully saturated rings. The second-order valence-corrected chi connectivity index (χ2v) is 6.61. The molecule has 1 aromatic heterocycles. The number of piperazine rings is 1. The van der Waals surface area contributed by atoms with Crippen LogP contribution in [-0.2, 0) is 11.8 Å². The molecule has 11 heteroatoms. The predicted molar refractivity (Wildman–Crippen MR) is 98.2 cm³/mol. The van der Waals surface area contributed by atoms with Crippen molar-refractivity contribution in [3.05, 3.63) is 40.5 Å². The van der Waals surface area contributed by atoms with Crippen LogP contribution in [0.25, 0.3) is 0 Å². The largest absolute Gasteiger partial charge is 0.454 e. The van der Waals surface area contributed by atoms with Crippen LogP contribution in [0.4, 0.5) is 11.4 Å². The molecular weight excluding hydrogens is 368 g/mol. The number of hydrogen-bond donors (Lipinski definition) is 2. The number of rotatable bonds is 5. The van der Waals surface area contributed by atoms with Crippen LogP contribution in [0.2, 0.25) is 0 Å². The van der Waals surface area contributed by atoms with E-state index in [-0.39, 0.29) is 36.7 Å². The van der Waals surface area contributed by atoms with Crippen molar-refractivity contribution in [2.45, 2.75) is 6.04 Å². The maximum atomic E-state index is 12.7. The number of amides is 1. The number of aryl methyl sites for hydroxylation is 1. The monoisotopic (exact) mass is 388 g/mol. The van der Waals surface area contributed by atoms with Crippen LogP contribution in [0.3, 0.4) is 0 Å². The molecule has 4 rings (SSSR count). The topological polar surface area (TPSA) is 124 Å². The fourth-order valence-electron chi connectivity index (χ4n) is 3.45. The average Bonchev–Trinajstić information content (AvgIpc) is 3.29. The van der Waals surface area contributed by atoms with Gasteiger partial charge in [0.05, 0.1) is 23.6 Å². The number of anilines is 1. The summed E-state index contributed by atoms with van der Waals surface area (Å²) >= 11 is 0. The first-order chi connectivity index (χ1) is 13.5. The Balaban J connectivity index is 1.51. The van der Waals surface area contributed by atoms with E-state index in [1.165, 1.54) is 12.1 Å². The number of ether oxygens (including phenoxy) is 2. The maximum Gasteiger partial charge on any atom is 0.296 e. The second-order valence-electron chi connectivity index (χ2n) is 6.61. The van der Waals surface area contributed by atoms with Crippen LogP contribution in [0.1, 0.15) is 11.9 Å². The number of carbonyl (C=O) groups is 1. The molecule has 148 valence electrons. The fourth-order valence-corrected chi connectivity index (χ4v) is 3.45. The number of benzene rings is 1. The van der Waals surface area contributed by atoms with Gasteiger partial charge in [0, 0.05) is 45.1 Å². The van der Waals surface area contributed by atoms with Gasteiger partial charge in [-0.25, -0.2) is 4.98 Å². The van der Waals surface area contributed by atoms with Gasteiger partial charge in [-0.3, -0.25) is 19.8 Å². The Morgan fingerprint density at radius 2 is 2.21 bits per heavy atom. The number of nitrogens with one attached hydrogen (secondary N) is 2. The average molecular weight is 388 g/mol. The van der Waals surface area contributed by atoms with E-state index in [0.717, 1.165) is 12.4 Å². The zero-order chi connectivity index (χ0) is 19.7. The first kappa shape index (κ1) is 18.2. The summed E-state index contributed by atoms with van der Waals surface area (Å²) < 4.78 is 12.4. The van der Waals surface area contributed by atoms with Crippen LogP contribution in [-0.4, -0.2) is 58.3 Å². The van der Waals surface area contributed by atoms with E-state index in [1.807, 2.05) is 22.7 Å². The number of nitro benzene ring substituents is 1. The maximum absolute atomic E-state index is 12.7. The van der Waals surface area contributed by atoms with Gasteiger partial charge >= 0.3 is 0 Å². The van der Waals surface area contributed by atoms with Crippen molar-refractivity contribution >= 4 is 17.3 Å². The third-order valence-corrected chi connectivity index (χ3v) is 4.82. The molecule has 0 radical (unpaired) electrons. The Kier molecular flexibility index (Phi) is 4.84. The van der Waals surface area contributed by atoms with E-state index >= 15 is 0 Å². The SMILES string of the molecule is Cn1ccnc1C1CNCCN1CC(=O)Nc1cc2c(cc1[N+](=O)[O-])OCO2. The zero-order valence-corrected chi connectivity index (χ0v) is 15.3. The number of nitrogens with zero attached hydrogens (tertiary/aromatic N) is 4. The van der Waals surface area contributed by atoms with Gasteiger partial charge < -0.3 is 24.7 Å². The van der Waals surface area contributed by atoms with E-state index < -0.39 is 4.92 Å². The summed E-state index contributed by atoms with van der Waals surface area (Å²) in [6.07, 6.45) is 3.58. The molecule has 2 N–H and O–H groups in total. The number of carbonyl (C=O) groups excluding carboxylic acids is 1. The summed E-state index contributed by atoms with van der Waals surface area (Å²) in [5, 5.41) is 17.3. The van der Waals surface area contributed by atoms with E-state index in [2.05, 4.69) is 15.6 Å². The van der Waals surface area contributed by atoms with Crippen molar-refractivity contribution in [2.24, 2.45) is 7.05 Å². The molecule has 1 atom stereocenters. The quantitative estimate of drug-likeness (QED) is 0.565. The van der Waals surface area contributed by atoms with Crippen LogP contribution in [0, 0.1) is 10.1 Å². The highest BCUT2D eigenvalue weighted by Gasteiger charge is 2.29. The van der Waals surface area contributed by atoms with Crippen molar-refractivity contribution < 1.29 is 19.2 Å². The van der Waals surface area contributed by atoms with Gasteiger partial charge in [-0.1, -0.05) is 0 Å². The molecule has 0 aliphatic carbocycles. The fraction of sp³-hybridized carbons (Fsp3) is 0.412. The number of hydrogen-bond acceptors (Lipinski definition) is 8. The Morgan fingerprint density at radius 1 is 1.43 bits per heavy atom. The second kappa shape index (κ2) is 7.44. The molecule has 1 amide bonds. The molecule has 28 heavy (non-hydrogen) atoms. The van der Waals surface area contributed by atoms with E-state index in [0.29, 0.717) is 24.6 Å². The zero-order valence-electron chi connectivity index (χ0n) is 15.3. The molecule has 1 aromatic carbocycles. The molecule has 11 nitrogen and oxygen atoms in total. The highest BCUT2D eigenvalue weighted by atomic mass is 16.7. The molecule has 0 spiro atoms. The van der Waals surface area contributed by atoms with Gasteiger partial charge in [0.1, 0.15) is 11.5 Å². The van der Waals surface area contributed by atoms with Crippen molar-refractivity contribution in [3.8, 4) is 11.5 Å². The van der Waals surface area contributed by atoms with E-state index in [1.54, 1.807) is 6.20 Å². The summed E-state index contributed by atoms with van der Waals surface area (Å²) in [5.74, 6) is 1.17. The Morgan fingerprint density at radius 3 is 2.93 bits per heavy atom. The lowest BCUT2D eigenvalue weighted by molar-refractivity contribution is -0.384. The molecule has 0 bridgehead atoms. The molecule has 0 saturated carbocycles. The van der Waals surface area contributed by atoms with Crippen LogP contribution in [0.15, 0.2) is 24.5 Å². The molecule has 2 aliphatic heterocycles. The third-order valence-electron chi connectivity index (χ3n) is 4.82. The van der Waals surface area contributed by atoms with Gasteiger partial charge in [0.15, 0.2) is 11.5 Å². The van der Waals surface area contributed by atoms with Gasteiger partial charge in [-0.2, -0.15) is 0 Å². The first-order valence-electron chi connectivity index (χ1n) is 8.83. The molecule has 2 aromatic rings. The Bertz CT molecular complexity index is 913. The number of fused-ring (bicyclic) bond motifs is 1. The number of nitro groups is 1. The van der Waals surface area contributed by atoms with Crippen molar-refractivity contribution in [1.29, 1.82) is 0 Å². The minimum atomic E-state index is -0.556. The number of imidazole rings is 1. The minimum Gasteiger partial charge on any atom is -0.454 e. The highest BCUT2D eigenvalue weighted by molar-refractivity contribution is 5.95. The van der Waals surface area contributed by atoms with Crippen LogP contribution >= 0.6 is 0 Å². The van der Waals surface area contributed by atoms with Crippen molar-refractivity contribution in [2.75, 3.05) is 38.3 Å². The summed E-state index contributed by atoms with van der Waals surface area (Å²) in [4.78, 5) is 29.9. The standard InChI is InChI=1S/C17H20N6O5/c1-21-4-3-19-17(21)13-8-18-2-5-22(13)9-16(24)20-11-6-14-15(28-10-27-14)7-12(11)23(25)26/h3-4,6-7,13,18H,2,5,8-10H2,1H3,(H,20,24). The molecule has 1 saturated heterocycles. The van der Waals surface area contributed by atoms with Gasteiger partial charge in [0.25, 0.3) is 5.69 Å². The van der Waals surface area contributed by atoms with Gasteiger partial charge in [-0.05, 0) is 0 Å². The van der Waals surface area contributed by atoms with Crippen molar-refractivity contribution in [3.63, 3.8) is 0 Å².